The first-order valence-corrected chi connectivity index (χ1v) is 7.68. The van der Waals surface area contributed by atoms with E-state index in [2.05, 4.69) is 21.6 Å². The lowest BCUT2D eigenvalue weighted by molar-refractivity contribution is 0.325. The van der Waals surface area contributed by atoms with Gasteiger partial charge in [0.15, 0.2) is 0 Å². The molecule has 0 aromatic carbocycles. The fraction of sp³-hybridized carbons (Fsp3) is 0.909. The summed E-state index contributed by atoms with van der Waals surface area (Å²) in [5, 5.41) is 0. The molecular formula is C11H20P2-2. The Labute approximate surface area is 86.8 Å². The molecule has 76 valence electrons. The summed E-state index contributed by atoms with van der Waals surface area (Å²) in [6.45, 7) is 2.27. The molecule has 13 heavy (non-hydrogen) atoms. The van der Waals surface area contributed by atoms with Crippen LogP contribution in [0.5, 0.6) is 0 Å². The van der Waals surface area contributed by atoms with Gasteiger partial charge < -0.3 is 22.6 Å². The Balaban J connectivity index is 2.09. The maximum Gasteiger partial charge on any atom is -0.0415 e. The molecule has 1 unspecified atom stereocenters. The highest BCUT2D eigenvalue weighted by molar-refractivity contribution is 8.01. The van der Waals surface area contributed by atoms with Crippen LogP contribution in [0.2, 0.25) is 0 Å². The minimum absolute atomic E-state index is 0.668. The van der Waals surface area contributed by atoms with E-state index in [0.717, 1.165) is 13.8 Å². The highest BCUT2D eigenvalue weighted by Gasteiger charge is 2.12. The molecule has 1 aliphatic carbocycles. The summed E-state index contributed by atoms with van der Waals surface area (Å²) < 4.78 is 0. The zero-order valence-corrected chi connectivity index (χ0v) is 10.4. The summed E-state index contributed by atoms with van der Waals surface area (Å²) in [6.07, 6.45) is 10.2. The fourth-order valence-electron chi connectivity index (χ4n) is 2.14. The number of rotatable bonds is 4. The third-order valence-electron chi connectivity index (χ3n) is 3.02. The maximum absolute atomic E-state index is 3.42. The van der Waals surface area contributed by atoms with Crippen LogP contribution in [0, 0.1) is 11.8 Å². The van der Waals surface area contributed by atoms with Crippen LogP contribution >= 0.6 is 16.8 Å². The van der Waals surface area contributed by atoms with E-state index < -0.39 is 0 Å². The standard InChI is InChI=1S/C11H20P2/c1-10(9-13-12)7-8-11-5-3-2-4-6-11/h10-12H,2-8H2,1H3/q-2. The Morgan fingerprint density at radius 2 is 2.08 bits per heavy atom. The van der Waals surface area contributed by atoms with E-state index in [1.165, 1.54) is 44.9 Å². The number of hydrogen-bond acceptors (Lipinski definition) is 0. The minimum atomic E-state index is 0.668. The van der Waals surface area contributed by atoms with Crippen LogP contribution in [0.3, 0.4) is 0 Å². The Kier molecular flexibility index (Phi) is 6.26. The van der Waals surface area contributed by atoms with Crippen molar-refractivity contribution < 1.29 is 0 Å². The van der Waals surface area contributed by atoms with Gasteiger partial charge in [-0.05, 0) is 5.92 Å². The van der Waals surface area contributed by atoms with Crippen LogP contribution in [0.15, 0.2) is 0 Å². The molecule has 0 aromatic rings. The van der Waals surface area contributed by atoms with Gasteiger partial charge in [-0.2, -0.15) is 5.92 Å². The normalized spacial score (nSPS) is 22.3. The van der Waals surface area contributed by atoms with E-state index in [4.69, 9.17) is 0 Å². The van der Waals surface area contributed by atoms with Crippen molar-refractivity contribution in [2.75, 3.05) is 0 Å². The van der Waals surface area contributed by atoms with Crippen LogP contribution in [-0.4, -0.2) is 5.80 Å². The average Bonchev–Trinajstić information content (AvgIpc) is 2.17. The van der Waals surface area contributed by atoms with E-state index >= 15 is 0 Å². The third-order valence-corrected chi connectivity index (χ3v) is 3.97. The van der Waals surface area contributed by atoms with Crippen LogP contribution in [0.25, 0.3) is 0 Å². The van der Waals surface area contributed by atoms with Gasteiger partial charge in [0.2, 0.25) is 0 Å². The summed E-state index contributed by atoms with van der Waals surface area (Å²) in [4.78, 5) is 0. The molecule has 1 fully saturated rings. The smallest absolute Gasteiger partial charge is 0.0415 e. The summed E-state index contributed by atoms with van der Waals surface area (Å²) in [5.41, 5.74) is 0. The molecule has 1 rings (SSSR count). The van der Waals surface area contributed by atoms with Crippen molar-refractivity contribution in [1.29, 1.82) is 0 Å². The number of hydrogen-bond donors (Lipinski definition) is 0. The van der Waals surface area contributed by atoms with Crippen LogP contribution in [0.4, 0.5) is 0 Å². The van der Waals surface area contributed by atoms with Crippen LogP contribution < -0.4 is 0 Å². The van der Waals surface area contributed by atoms with Gasteiger partial charge in [-0.1, -0.05) is 51.9 Å². The lowest BCUT2D eigenvalue weighted by Crippen LogP contribution is -2.08. The van der Waals surface area contributed by atoms with E-state index in [-0.39, 0.29) is 0 Å². The van der Waals surface area contributed by atoms with Crippen molar-refractivity contribution in [2.45, 2.75) is 51.9 Å². The quantitative estimate of drug-likeness (QED) is 0.471. The molecule has 0 aromatic heterocycles. The molecule has 0 amide bonds. The molecule has 0 N–H and O–H groups in total. The van der Waals surface area contributed by atoms with Gasteiger partial charge in [-0.15, -0.1) is 0 Å². The van der Waals surface area contributed by atoms with Crippen molar-refractivity contribution in [1.82, 2.24) is 0 Å². The van der Waals surface area contributed by atoms with E-state index in [1.54, 1.807) is 0 Å². The molecule has 1 atom stereocenters. The molecule has 0 nitrogen and oxygen atoms in total. The maximum atomic E-state index is 3.42. The average molecular weight is 214 g/mol. The van der Waals surface area contributed by atoms with Crippen molar-refractivity contribution in [3.63, 3.8) is 0 Å². The van der Waals surface area contributed by atoms with Crippen molar-refractivity contribution >= 4 is 22.6 Å². The van der Waals surface area contributed by atoms with E-state index in [0.29, 0.717) is 5.92 Å². The van der Waals surface area contributed by atoms with Gasteiger partial charge in [0.05, 0.1) is 0 Å². The Hall–Kier alpha value is 0.600. The monoisotopic (exact) mass is 214 g/mol. The summed E-state index contributed by atoms with van der Waals surface area (Å²) in [6, 6.07) is 0. The van der Waals surface area contributed by atoms with Gasteiger partial charge >= 0.3 is 0 Å². The van der Waals surface area contributed by atoms with Crippen molar-refractivity contribution in [3.05, 3.63) is 0 Å². The molecule has 1 saturated carbocycles. The highest BCUT2D eigenvalue weighted by atomic mass is 32.0. The lowest BCUT2D eigenvalue weighted by Gasteiger charge is -2.25. The first-order valence-electron chi connectivity index (χ1n) is 5.45. The van der Waals surface area contributed by atoms with Gasteiger partial charge in [-0.3, -0.25) is 0 Å². The zero-order valence-electron chi connectivity index (χ0n) is 8.55. The van der Waals surface area contributed by atoms with Crippen molar-refractivity contribution in [2.24, 2.45) is 11.8 Å². The van der Waals surface area contributed by atoms with E-state index in [1.807, 2.05) is 0 Å². The molecule has 0 heterocycles. The highest BCUT2D eigenvalue weighted by Crippen LogP contribution is 2.28. The first kappa shape index (κ1) is 11.7. The second kappa shape index (κ2) is 6.97. The Morgan fingerprint density at radius 3 is 2.69 bits per heavy atom. The molecule has 2 heteroatoms. The SMILES string of the molecule is CC([C-]=P[PH-])CCC1CCCCC1. The summed E-state index contributed by atoms with van der Waals surface area (Å²) >= 11 is 0. The van der Waals surface area contributed by atoms with Gasteiger partial charge in [-0.25, -0.2) is 0 Å². The zero-order chi connectivity index (χ0) is 9.52. The Bertz CT molecular complexity index is 148. The topological polar surface area (TPSA) is 0 Å². The third kappa shape index (κ3) is 5.14. The second-order valence-electron chi connectivity index (χ2n) is 4.22. The molecule has 0 aliphatic heterocycles. The molecule has 1 aliphatic rings. The summed E-state index contributed by atoms with van der Waals surface area (Å²) in [7, 11) is 4.55. The molecule has 0 bridgehead atoms. The van der Waals surface area contributed by atoms with Gasteiger partial charge in [0, 0.05) is 0 Å². The van der Waals surface area contributed by atoms with Crippen LogP contribution in [0.1, 0.15) is 51.9 Å². The molecular weight excluding hydrogens is 194 g/mol. The fourth-order valence-corrected chi connectivity index (χ4v) is 3.15. The molecule has 0 saturated heterocycles. The first-order chi connectivity index (χ1) is 6.33. The Morgan fingerprint density at radius 1 is 1.38 bits per heavy atom. The molecule has 0 spiro atoms. The second-order valence-corrected chi connectivity index (χ2v) is 5.38. The molecule has 0 radical (unpaired) electrons. The largest absolute Gasteiger partial charge is 0.538 e. The minimum Gasteiger partial charge on any atom is -0.538 e. The van der Waals surface area contributed by atoms with E-state index in [9.17, 15) is 0 Å². The van der Waals surface area contributed by atoms with Crippen molar-refractivity contribution in [3.8, 4) is 0 Å². The van der Waals surface area contributed by atoms with Crippen LogP contribution in [-0.2, 0) is 0 Å². The predicted molar refractivity (Wildman–Crippen MR) is 65.2 cm³/mol. The lowest BCUT2D eigenvalue weighted by atomic mass is 9.85. The predicted octanol–water partition coefficient (Wildman–Crippen LogP) is 4.67. The van der Waals surface area contributed by atoms with Gasteiger partial charge in [0.25, 0.3) is 0 Å². The summed E-state index contributed by atoms with van der Waals surface area (Å²) in [5.74, 6) is 5.07. The van der Waals surface area contributed by atoms with Gasteiger partial charge in [0.1, 0.15) is 0 Å².